The van der Waals surface area contributed by atoms with Crippen LogP contribution < -0.4 is 10.6 Å². The minimum Gasteiger partial charge on any atom is -0.339 e. The van der Waals surface area contributed by atoms with Gasteiger partial charge in [0.1, 0.15) is 17.0 Å². The third kappa shape index (κ3) is 3.91. The van der Waals surface area contributed by atoms with Gasteiger partial charge in [-0.15, -0.1) is 11.3 Å². The van der Waals surface area contributed by atoms with E-state index in [2.05, 4.69) is 27.5 Å². The van der Waals surface area contributed by atoms with E-state index in [0.29, 0.717) is 5.56 Å². The Bertz CT molecular complexity index is 1280. The lowest BCUT2D eigenvalue weighted by molar-refractivity contribution is 0.102. The Kier molecular flexibility index (Phi) is 5.16. The largest absolute Gasteiger partial charge is 0.339 e. The van der Waals surface area contributed by atoms with Gasteiger partial charge < -0.3 is 10.6 Å². The fourth-order valence-corrected chi connectivity index (χ4v) is 5.28. The summed E-state index contributed by atoms with van der Waals surface area (Å²) in [6.45, 7) is 4.06. The minimum atomic E-state index is -0.119. The average Bonchev–Trinajstić information content (AvgIpc) is 3.16. The molecule has 1 aliphatic rings. The molecule has 0 aliphatic heterocycles. The normalized spacial score (nSPS) is 13.1. The number of aromatic nitrogens is 2. The molecule has 6 heteroatoms. The van der Waals surface area contributed by atoms with Crippen molar-refractivity contribution in [1.82, 2.24) is 9.97 Å². The molecule has 0 bridgehead atoms. The maximum absolute atomic E-state index is 12.6. The zero-order valence-corrected chi connectivity index (χ0v) is 18.5. The molecule has 0 atom stereocenters. The Hall–Kier alpha value is -3.25. The molecule has 0 radical (unpaired) electrons. The first-order valence-corrected chi connectivity index (χ1v) is 11.4. The van der Waals surface area contributed by atoms with Crippen LogP contribution in [0, 0.1) is 13.8 Å². The zero-order chi connectivity index (χ0) is 21.4. The first-order valence-electron chi connectivity index (χ1n) is 10.6. The Morgan fingerprint density at radius 2 is 1.81 bits per heavy atom. The van der Waals surface area contributed by atoms with Crippen molar-refractivity contribution < 1.29 is 4.79 Å². The summed E-state index contributed by atoms with van der Waals surface area (Å²) >= 11 is 1.79. The third-order valence-corrected chi connectivity index (χ3v) is 7.01. The van der Waals surface area contributed by atoms with Crippen molar-refractivity contribution in [3.05, 3.63) is 75.9 Å². The topological polar surface area (TPSA) is 66.9 Å². The van der Waals surface area contributed by atoms with Crippen LogP contribution in [0.4, 0.5) is 17.2 Å². The summed E-state index contributed by atoms with van der Waals surface area (Å²) in [5.41, 5.74) is 5.93. The molecule has 1 amide bonds. The molecule has 0 saturated carbocycles. The lowest BCUT2D eigenvalue weighted by Gasteiger charge is -2.14. The highest BCUT2D eigenvalue weighted by atomic mass is 32.1. The average molecular weight is 429 g/mol. The molecule has 31 heavy (non-hydrogen) atoms. The number of fused-ring (bicyclic) bond motifs is 3. The Morgan fingerprint density at radius 3 is 2.65 bits per heavy atom. The highest BCUT2D eigenvalue weighted by molar-refractivity contribution is 7.19. The van der Waals surface area contributed by atoms with Crippen LogP contribution in [0.25, 0.3) is 10.2 Å². The molecule has 0 saturated heterocycles. The second kappa shape index (κ2) is 8.12. The molecule has 0 unspecified atom stereocenters. The fourth-order valence-electron chi connectivity index (χ4n) is 4.06. The molecule has 156 valence electrons. The number of anilines is 3. The molecule has 2 heterocycles. The summed E-state index contributed by atoms with van der Waals surface area (Å²) in [6.07, 6.45) is 6.31. The number of carbonyl (C=O) groups excluding carboxylic acids is 1. The molecular formula is C25H24N4OS. The van der Waals surface area contributed by atoms with E-state index in [1.807, 2.05) is 49.4 Å². The number of benzene rings is 2. The van der Waals surface area contributed by atoms with E-state index in [1.54, 1.807) is 17.7 Å². The predicted octanol–water partition coefficient (Wildman–Crippen LogP) is 6.18. The van der Waals surface area contributed by atoms with Crippen LogP contribution in [0.15, 0.2) is 48.8 Å². The summed E-state index contributed by atoms with van der Waals surface area (Å²) in [7, 11) is 0. The highest BCUT2D eigenvalue weighted by Gasteiger charge is 2.20. The fraction of sp³-hybridized carbons (Fsp3) is 0.240. The molecular weight excluding hydrogens is 404 g/mol. The van der Waals surface area contributed by atoms with Gasteiger partial charge in [0.2, 0.25) is 0 Å². The van der Waals surface area contributed by atoms with Crippen LogP contribution in [0.5, 0.6) is 0 Å². The molecule has 4 aromatic rings. The van der Waals surface area contributed by atoms with E-state index >= 15 is 0 Å². The van der Waals surface area contributed by atoms with Gasteiger partial charge in [-0.3, -0.25) is 4.79 Å². The summed E-state index contributed by atoms with van der Waals surface area (Å²) in [5.74, 6) is 0.723. The Morgan fingerprint density at radius 1 is 1.00 bits per heavy atom. The molecule has 5 rings (SSSR count). The van der Waals surface area contributed by atoms with Crippen molar-refractivity contribution in [2.75, 3.05) is 10.6 Å². The maximum Gasteiger partial charge on any atom is 0.255 e. The van der Waals surface area contributed by atoms with Gasteiger partial charge in [0, 0.05) is 21.8 Å². The Balaban J connectivity index is 1.44. The smallest absolute Gasteiger partial charge is 0.255 e. The number of nitrogens with one attached hydrogen (secondary N) is 2. The van der Waals surface area contributed by atoms with Gasteiger partial charge >= 0.3 is 0 Å². The van der Waals surface area contributed by atoms with Gasteiger partial charge in [0.05, 0.1) is 5.39 Å². The summed E-state index contributed by atoms with van der Waals surface area (Å²) in [6, 6.07) is 13.5. The predicted molar refractivity (Wildman–Crippen MR) is 128 cm³/mol. The number of amides is 1. The lowest BCUT2D eigenvalue weighted by atomic mass is 9.97. The number of hydrogen-bond donors (Lipinski definition) is 2. The molecule has 2 N–H and O–H groups in total. The van der Waals surface area contributed by atoms with Crippen LogP contribution in [0.2, 0.25) is 0 Å². The van der Waals surface area contributed by atoms with Crippen molar-refractivity contribution in [1.29, 1.82) is 0 Å². The van der Waals surface area contributed by atoms with Crippen LogP contribution in [-0.4, -0.2) is 15.9 Å². The third-order valence-electron chi connectivity index (χ3n) is 5.81. The van der Waals surface area contributed by atoms with Crippen LogP contribution >= 0.6 is 11.3 Å². The monoisotopic (exact) mass is 428 g/mol. The van der Waals surface area contributed by atoms with Crippen molar-refractivity contribution in [3.8, 4) is 0 Å². The first kappa shape index (κ1) is 19.7. The molecule has 1 aliphatic carbocycles. The summed E-state index contributed by atoms with van der Waals surface area (Å²) < 4.78 is 0. The number of thiophene rings is 1. The molecule has 2 aromatic carbocycles. The first-order chi connectivity index (χ1) is 15.1. The van der Waals surface area contributed by atoms with Gasteiger partial charge in [-0.05, 0) is 74.9 Å². The maximum atomic E-state index is 12.6. The van der Waals surface area contributed by atoms with E-state index in [0.717, 1.165) is 51.4 Å². The van der Waals surface area contributed by atoms with Gasteiger partial charge in [-0.1, -0.05) is 23.8 Å². The van der Waals surface area contributed by atoms with E-state index in [4.69, 9.17) is 0 Å². The van der Waals surface area contributed by atoms with Gasteiger partial charge in [-0.25, -0.2) is 9.97 Å². The standard InChI is InChI=1S/C25H24N4OS/c1-15-7-10-17(11-8-15)24(30)28-18-12-9-16(2)20(13-18)29-23-22-19-5-3-4-6-21(19)31-25(22)27-14-26-23/h7-14H,3-6H2,1-2H3,(H,28,30)(H,26,27,29). The summed E-state index contributed by atoms with van der Waals surface area (Å²) in [4.78, 5) is 24.2. The van der Waals surface area contributed by atoms with Gasteiger partial charge in [-0.2, -0.15) is 0 Å². The number of carbonyl (C=O) groups is 1. The Labute approximate surface area is 185 Å². The molecule has 2 aromatic heterocycles. The summed E-state index contributed by atoms with van der Waals surface area (Å²) in [5, 5.41) is 7.67. The number of aryl methyl sites for hydroxylation is 4. The van der Waals surface area contributed by atoms with Crippen LogP contribution in [0.3, 0.4) is 0 Å². The van der Waals surface area contributed by atoms with Crippen molar-refractivity contribution >= 4 is 44.7 Å². The van der Waals surface area contributed by atoms with E-state index in [-0.39, 0.29) is 5.91 Å². The van der Waals surface area contributed by atoms with E-state index in [1.165, 1.54) is 23.3 Å². The molecule has 0 spiro atoms. The number of nitrogens with zero attached hydrogens (tertiary/aromatic N) is 2. The lowest BCUT2D eigenvalue weighted by Crippen LogP contribution is -2.12. The van der Waals surface area contributed by atoms with Gasteiger partial charge in [0.15, 0.2) is 0 Å². The second-order valence-corrected chi connectivity index (χ2v) is 9.17. The molecule has 5 nitrogen and oxygen atoms in total. The minimum absolute atomic E-state index is 0.119. The van der Waals surface area contributed by atoms with Gasteiger partial charge in [0.25, 0.3) is 5.91 Å². The quantitative estimate of drug-likeness (QED) is 0.407. The SMILES string of the molecule is Cc1ccc(C(=O)Nc2ccc(C)c(Nc3ncnc4sc5c(c34)CCCC5)c2)cc1. The number of hydrogen-bond acceptors (Lipinski definition) is 5. The molecule has 0 fully saturated rings. The van der Waals surface area contributed by atoms with Crippen LogP contribution in [0.1, 0.15) is 44.8 Å². The zero-order valence-electron chi connectivity index (χ0n) is 17.7. The van der Waals surface area contributed by atoms with Crippen LogP contribution in [-0.2, 0) is 12.8 Å². The van der Waals surface area contributed by atoms with E-state index in [9.17, 15) is 4.79 Å². The van der Waals surface area contributed by atoms with E-state index < -0.39 is 0 Å². The van der Waals surface area contributed by atoms with Crippen molar-refractivity contribution in [2.24, 2.45) is 0 Å². The highest BCUT2D eigenvalue weighted by Crippen LogP contribution is 2.39. The van der Waals surface area contributed by atoms with Crippen molar-refractivity contribution in [2.45, 2.75) is 39.5 Å². The van der Waals surface area contributed by atoms with Crippen molar-refractivity contribution in [3.63, 3.8) is 0 Å². The number of rotatable bonds is 4. The second-order valence-electron chi connectivity index (χ2n) is 8.09.